The lowest BCUT2D eigenvalue weighted by Crippen LogP contribution is -2.53. The molecule has 4 aromatic rings. The zero-order valence-electron chi connectivity index (χ0n) is 31.5. The van der Waals surface area contributed by atoms with E-state index in [1.54, 1.807) is 4.90 Å². The Morgan fingerprint density at radius 2 is 1.35 bits per heavy atom. The summed E-state index contributed by atoms with van der Waals surface area (Å²) in [7, 11) is 3.12. The normalized spacial score (nSPS) is 19.9. The molecule has 5 atom stereocenters. The Kier molecular flexibility index (Phi) is 11.2. The van der Waals surface area contributed by atoms with E-state index in [9.17, 15) is 14.4 Å². The molecule has 6 rings (SSSR count). The van der Waals surface area contributed by atoms with Crippen LogP contribution in [0, 0.1) is 17.8 Å². The Bertz CT molecular complexity index is 1840. The zero-order valence-corrected chi connectivity index (χ0v) is 31.5. The molecule has 3 amide bonds. The molecule has 2 aromatic carbocycles. The summed E-state index contributed by atoms with van der Waals surface area (Å²) < 4.78 is 4.76. The summed E-state index contributed by atoms with van der Waals surface area (Å²) in [5, 5.41) is 2.71. The Hall–Kier alpha value is -4.93. The largest absolute Gasteiger partial charge is 0.453 e. The molecule has 0 radical (unpaired) electrons. The van der Waals surface area contributed by atoms with E-state index < -0.39 is 12.1 Å². The number of nitrogens with one attached hydrogen (secondary N) is 3. The minimum absolute atomic E-state index is 0.00436. The highest BCUT2D eigenvalue weighted by molar-refractivity contribution is 5.86. The third-order valence-corrected chi connectivity index (χ3v) is 11.2. The average Bonchev–Trinajstić information content (AvgIpc) is 3.99. The van der Waals surface area contributed by atoms with Crippen molar-refractivity contribution in [2.75, 3.05) is 20.7 Å². The lowest BCUT2D eigenvalue weighted by Gasteiger charge is -2.33. The van der Waals surface area contributed by atoms with Crippen molar-refractivity contribution >= 4 is 17.9 Å². The number of alkyl carbamates (subject to hydrolysis) is 1. The van der Waals surface area contributed by atoms with Gasteiger partial charge in [0.25, 0.3) is 0 Å². The summed E-state index contributed by atoms with van der Waals surface area (Å²) in [5.74, 6) is 2.11. The minimum Gasteiger partial charge on any atom is -0.453 e. The van der Waals surface area contributed by atoms with Gasteiger partial charge in [-0.05, 0) is 48.6 Å². The van der Waals surface area contributed by atoms with Crippen LogP contribution >= 0.6 is 0 Å². The van der Waals surface area contributed by atoms with E-state index in [2.05, 4.69) is 77.7 Å². The number of nitrogens with zero attached hydrogens (tertiary/aromatic N) is 4. The van der Waals surface area contributed by atoms with Crippen LogP contribution in [0.1, 0.15) is 90.3 Å². The van der Waals surface area contributed by atoms with E-state index in [1.807, 2.05) is 45.1 Å². The van der Waals surface area contributed by atoms with Crippen LogP contribution in [0.15, 0.2) is 60.9 Å². The first-order valence-corrected chi connectivity index (χ1v) is 18.7. The van der Waals surface area contributed by atoms with E-state index in [0.29, 0.717) is 5.92 Å². The van der Waals surface area contributed by atoms with Crippen LogP contribution in [0.4, 0.5) is 4.79 Å². The lowest BCUT2D eigenvalue weighted by atomic mass is 9.96. The van der Waals surface area contributed by atoms with Crippen molar-refractivity contribution in [2.45, 2.75) is 90.8 Å². The van der Waals surface area contributed by atoms with E-state index in [0.717, 1.165) is 83.9 Å². The van der Waals surface area contributed by atoms with Crippen LogP contribution in [0.3, 0.4) is 0 Å². The number of rotatable bonds is 11. The van der Waals surface area contributed by atoms with Crippen molar-refractivity contribution < 1.29 is 19.1 Å². The van der Waals surface area contributed by atoms with E-state index >= 15 is 0 Å². The molecular formula is C41H53N7O4. The number of hydrogen-bond acceptors (Lipinski definition) is 6. The molecule has 2 fully saturated rings. The fourth-order valence-electron chi connectivity index (χ4n) is 7.66. The molecule has 11 nitrogen and oxygen atoms in total. The predicted octanol–water partition coefficient (Wildman–Crippen LogP) is 7.56. The maximum Gasteiger partial charge on any atom is 0.407 e. The number of benzene rings is 2. The highest BCUT2D eigenvalue weighted by Gasteiger charge is 2.39. The molecule has 11 heteroatoms. The molecule has 3 heterocycles. The molecule has 1 saturated carbocycles. The minimum atomic E-state index is -0.664. The molecular weight excluding hydrogens is 654 g/mol. The number of carbonyl (C=O) groups is 3. The zero-order chi connectivity index (χ0) is 37.1. The quantitative estimate of drug-likeness (QED) is 0.147. The van der Waals surface area contributed by atoms with E-state index in [4.69, 9.17) is 14.7 Å². The molecule has 276 valence electrons. The predicted molar refractivity (Wildman–Crippen MR) is 202 cm³/mol. The summed E-state index contributed by atoms with van der Waals surface area (Å²) in [6.07, 6.45) is 7.98. The fraction of sp³-hybridized carbons (Fsp3) is 0.488. The fourth-order valence-corrected chi connectivity index (χ4v) is 7.66. The Labute approximate surface area is 307 Å². The van der Waals surface area contributed by atoms with Gasteiger partial charge in [-0.1, -0.05) is 89.6 Å². The molecule has 1 aliphatic heterocycles. The second-order valence-corrected chi connectivity index (χ2v) is 15.1. The molecule has 2 aromatic heterocycles. The standard InChI is InChI=1S/C41H53N7O4/c1-24(2)26(5)39(49)48-21-9-12-35(48)38-43-23-33(45-38)30-19-15-28(16-20-30)27-13-17-29(18-14-27)32-22-42-37(44-32)31-10-8-11-34(31)47(6)40(50)36(25(3)4)46-41(51)52-7/h13-20,22-26,31,34-36H,8-12,21H2,1-7H3,(H,42,44)(H,43,45)(H,46,51)/t26-,31+,34?,35-,36-/m0/s1. The molecule has 1 saturated heterocycles. The average molecular weight is 708 g/mol. The number of aromatic amines is 2. The summed E-state index contributed by atoms with van der Waals surface area (Å²) in [5.41, 5.74) is 5.97. The van der Waals surface area contributed by atoms with Gasteiger partial charge in [-0.3, -0.25) is 9.59 Å². The van der Waals surface area contributed by atoms with Crippen molar-refractivity contribution in [1.82, 2.24) is 35.1 Å². The van der Waals surface area contributed by atoms with Gasteiger partial charge in [0.05, 0.1) is 24.5 Å². The van der Waals surface area contributed by atoms with Gasteiger partial charge in [-0.25, -0.2) is 14.8 Å². The second kappa shape index (κ2) is 15.8. The van der Waals surface area contributed by atoms with Crippen molar-refractivity contribution in [3.8, 4) is 33.6 Å². The van der Waals surface area contributed by atoms with E-state index in [-0.39, 0.29) is 41.7 Å². The Balaban J connectivity index is 1.10. The second-order valence-electron chi connectivity index (χ2n) is 15.1. The maximum atomic E-state index is 13.5. The summed E-state index contributed by atoms with van der Waals surface area (Å²) in [4.78, 5) is 59.1. The Morgan fingerprint density at radius 1 is 0.788 bits per heavy atom. The van der Waals surface area contributed by atoms with Gasteiger partial charge in [-0.2, -0.15) is 0 Å². The summed E-state index contributed by atoms with van der Waals surface area (Å²) in [6, 6.07) is 16.1. The van der Waals surface area contributed by atoms with Crippen molar-refractivity contribution in [3.63, 3.8) is 0 Å². The van der Waals surface area contributed by atoms with Gasteiger partial charge in [0.15, 0.2) is 0 Å². The van der Waals surface area contributed by atoms with Gasteiger partial charge in [0, 0.05) is 55.0 Å². The number of likely N-dealkylation sites (tertiary alicyclic amines) is 1. The number of amides is 3. The van der Waals surface area contributed by atoms with Crippen LogP contribution < -0.4 is 5.32 Å². The van der Waals surface area contributed by atoms with Crippen LogP contribution in [-0.4, -0.2) is 80.4 Å². The van der Waals surface area contributed by atoms with Crippen LogP contribution in [0.2, 0.25) is 0 Å². The first-order valence-electron chi connectivity index (χ1n) is 18.7. The number of methoxy groups -OCH3 is 1. The summed E-state index contributed by atoms with van der Waals surface area (Å²) >= 11 is 0. The maximum absolute atomic E-state index is 13.5. The number of H-pyrrole nitrogens is 2. The van der Waals surface area contributed by atoms with Crippen molar-refractivity contribution in [2.24, 2.45) is 17.8 Å². The van der Waals surface area contributed by atoms with Gasteiger partial charge in [0.2, 0.25) is 11.8 Å². The third-order valence-electron chi connectivity index (χ3n) is 11.2. The molecule has 3 N–H and O–H groups in total. The molecule has 0 spiro atoms. The SMILES string of the molecule is COC(=O)N[C@H](C(=O)N(C)C1CCC[C@H]1c1nc(-c2ccc(-c3ccc(-c4c[nH]c([C@@H]5CCCN5C(=O)[C@@H](C)C(C)C)n4)cc3)cc2)c[nH]1)C(C)C. The van der Waals surface area contributed by atoms with Crippen molar-refractivity contribution in [1.29, 1.82) is 0 Å². The highest BCUT2D eigenvalue weighted by atomic mass is 16.5. The number of aromatic nitrogens is 4. The van der Waals surface area contributed by atoms with E-state index in [1.165, 1.54) is 7.11 Å². The number of carbonyl (C=O) groups excluding carboxylic acids is 3. The number of imidazole rings is 2. The van der Waals surface area contributed by atoms with Crippen LogP contribution in [0.5, 0.6) is 0 Å². The Morgan fingerprint density at radius 3 is 1.90 bits per heavy atom. The molecule has 1 unspecified atom stereocenters. The highest BCUT2D eigenvalue weighted by Crippen LogP contribution is 2.38. The number of hydrogen-bond donors (Lipinski definition) is 3. The first kappa shape index (κ1) is 36.8. The van der Waals surface area contributed by atoms with Gasteiger partial charge < -0.3 is 29.8 Å². The molecule has 1 aliphatic carbocycles. The lowest BCUT2D eigenvalue weighted by molar-refractivity contribution is -0.137. The molecule has 0 bridgehead atoms. The molecule has 2 aliphatic rings. The van der Waals surface area contributed by atoms with Gasteiger partial charge in [0.1, 0.15) is 17.7 Å². The summed E-state index contributed by atoms with van der Waals surface area (Å²) in [6.45, 7) is 10.8. The van der Waals surface area contributed by atoms with Crippen LogP contribution in [0.25, 0.3) is 33.6 Å². The first-order chi connectivity index (χ1) is 25.0. The van der Waals surface area contributed by atoms with Gasteiger partial charge >= 0.3 is 6.09 Å². The monoisotopic (exact) mass is 707 g/mol. The van der Waals surface area contributed by atoms with Gasteiger partial charge in [-0.15, -0.1) is 0 Å². The van der Waals surface area contributed by atoms with Crippen LogP contribution in [-0.2, 0) is 14.3 Å². The number of likely N-dealkylation sites (N-methyl/N-ethyl adjacent to an activating group) is 1. The number of ether oxygens (including phenoxy) is 1. The topological polar surface area (TPSA) is 136 Å². The van der Waals surface area contributed by atoms with Crippen molar-refractivity contribution in [3.05, 3.63) is 72.6 Å². The third kappa shape index (κ3) is 7.64. The molecule has 52 heavy (non-hydrogen) atoms. The smallest absolute Gasteiger partial charge is 0.407 e.